The van der Waals surface area contributed by atoms with Crippen LogP contribution in [0.5, 0.6) is 0 Å². The summed E-state index contributed by atoms with van der Waals surface area (Å²) < 4.78 is 0. The molecule has 2 rings (SSSR count). The van der Waals surface area contributed by atoms with Crippen LogP contribution in [0.2, 0.25) is 0 Å². The largest absolute Gasteiger partial charge is 0.478 e. The number of carbonyl (C=O) groups is 1. The second kappa shape index (κ2) is 6.00. The maximum Gasteiger partial charge on any atom is 0.336 e. The molecule has 5 heteroatoms. The lowest BCUT2D eigenvalue weighted by Gasteiger charge is -2.04. The van der Waals surface area contributed by atoms with E-state index < -0.39 is 10.9 Å². The van der Waals surface area contributed by atoms with Crippen molar-refractivity contribution in [1.82, 2.24) is 0 Å². The molecule has 0 aliphatic heterocycles. The van der Waals surface area contributed by atoms with Gasteiger partial charge < -0.3 is 5.11 Å². The van der Waals surface area contributed by atoms with Gasteiger partial charge in [-0.15, -0.1) is 0 Å². The summed E-state index contributed by atoms with van der Waals surface area (Å²) in [5, 5.41) is 19.9. The van der Waals surface area contributed by atoms with Gasteiger partial charge in [-0.05, 0) is 36.3 Å². The van der Waals surface area contributed by atoms with Gasteiger partial charge in [0.2, 0.25) is 0 Å². The second-order valence-corrected chi connectivity index (χ2v) is 4.58. The molecular weight excluding hydrogens is 270 g/mol. The zero-order valence-corrected chi connectivity index (χ0v) is 11.3. The van der Waals surface area contributed by atoms with Crippen LogP contribution >= 0.6 is 0 Å². The Kier molecular flexibility index (Phi) is 4.13. The molecule has 0 amide bonds. The Balaban J connectivity index is 2.42. The number of carboxylic acid groups (broad SMARTS) is 1. The van der Waals surface area contributed by atoms with Gasteiger partial charge in [0.05, 0.1) is 10.5 Å². The van der Waals surface area contributed by atoms with Crippen LogP contribution in [0.1, 0.15) is 16.7 Å². The van der Waals surface area contributed by atoms with E-state index in [0.717, 1.165) is 5.56 Å². The summed E-state index contributed by atoms with van der Waals surface area (Å²) in [5.41, 5.74) is 2.27. The number of nitro benzene ring substituents is 1. The van der Waals surface area contributed by atoms with Crippen LogP contribution in [0, 0.1) is 17.0 Å². The third-order valence-electron chi connectivity index (χ3n) is 2.97. The lowest BCUT2D eigenvalue weighted by atomic mass is 10.0. The first-order chi connectivity index (χ1) is 9.97. The normalized spacial score (nSPS) is 11.2. The van der Waals surface area contributed by atoms with E-state index in [-0.39, 0.29) is 11.3 Å². The highest BCUT2D eigenvalue weighted by Gasteiger charge is 2.11. The number of hydrogen-bond acceptors (Lipinski definition) is 3. The van der Waals surface area contributed by atoms with E-state index in [1.165, 1.54) is 30.3 Å². The number of benzene rings is 2. The molecule has 0 heterocycles. The molecule has 0 aliphatic rings. The van der Waals surface area contributed by atoms with Gasteiger partial charge in [-0.3, -0.25) is 10.1 Å². The van der Waals surface area contributed by atoms with Gasteiger partial charge in [-0.25, -0.2) is 4.79 Å². The number of rotatable bonds is 4. The first-order valence-electron chi connectivity index (χ1n) is 6.24. The average Bonchev–Trinajstić information content (AvgIpc) is 2.45. The highest BCUT2D eigenvalue weighted by Crippen LogP contribution is 2.21. The Morgan fingerprint density at radius 3 is 2.38 bits per heavy atom. The summed E-state index contributed by atoms with van der Waals surface area (Å²) in [5.74, 6) is -1.04. The zero-order chi connectivity index (χ0) is 15.4. The zero-order valence-electron chi connectivity index (χ0n) is 11.3. The van der Waals surface area contributed by atoms with E-state index >= 15 is 0 Å². The first-order valence-corrected chi connectivity index (χ1v) is 6.24. The van der Waals surface area contributed by atoms with Crippen molar-refractivity contribution < 1.29 is 14.8 Å². The summed E-state index contributed by atoms with van der Waals surface area (Å²) in [6.45, 7) is 1.88. The van der Waals surface area contributed by atoms with Crippen LogP contribution in [0.25, 0.3) is 11.6 Å². The summed E-state index contributed by atoms with van der Waals surface area (Å²) in [7, 11) is 0. The molecule has 0 spiro atoms. The number of non-ortho nitro benzene ring substituents is 1. The van der Waals surface area contributed by atoms with E-state index in [1.807, 2.05) is 13.0 Å². The smallest absolute Gasteiger partial charge is 0.336 e. The number of nitrogens with zero attached hydrogens (tertiary/aromatic N) is 1. The molecule has 0 saturated heterocycles. The van der Waals surface area contributed by atoms with Gasteiger partial charge in [-0.2, -0.15) is 0 Å². The van der Waals surface area contributed by atoms with Gasteiger partial charge in [0.15, 0.2) is 0 Å². The SMILES string of the molecule is Cc1cccc(/C(=C/c2ccc([N+](=O)[O-])cc2)C(=O)O)c1. The Bertz CT molecular complexity index is 717. The first kappa shape index (κ1) is 14.5. The van der Waals surface area contributed by atoms with Crippen LogP contribution in [0.3, 0.4) is 0 Å². The standard InChI is InChI=1S/C16H13NO4/c1-11-3-2-4-13(9-11)15(16(18)19)10-12-5-7-14(8-6-12)17(20)21/h2-10H,1H3,(H,18,19)/b15-10-. The molecule has 2 aromatic carbocycles. The molecule has 0 radical (unpaired) electrons. The Morgan fingerprint density at radius 2 is 1.86 bits per heavy atom. The number of carboxylic acids is 1. The van der Waals surface area contributed by atoms with E-state index in [2.05, 4.69) is 0 Å². The lowest BCUT2D eigenvalue weighted by molar-refractivity contribution is -0.384. The van der Waals surface area contributed by atoms with Crippen LogP contribution in [0.15, 0.2) is 48.5 Å². The molecule has 0 bridgehead atoms. The minimum absolute atomic E-state index is 0.0282. The van der Waals surface area contributed by atoms with Crippen molar-refractivity contribution in [2.75, 3.05) is 0 Å². The monoisotopic (exact) mass is 283 g/mol. The van der Waals surface area contributed by atoms with Crippen LogP contribution in [-0.2, 0) is 4.79 Å². The van der Waals surface area contributed by atoms with E-state index in [0.29, 0.717) is 11.1 Å². The molecule has 21 heavy (non-hydrogen) atoms. The average molecular weight is 283 g/mol. The molecule has 2 aromatic rings. The van der Waals surface area contributed by atoms with Gasteiger partial charge in [-0.1, -0.05) is 29.8 Å². The molecule has 0 unspecified atom stereocenters. The Morgan fingerprint density at radius 1 is 1.19 bits per heavy atom. The molecule has 0 fully saturated rings. The summed E-state index contributed by atoms with van der Waals surface area (Å²) in [6.07, 6.45) is 1.50. The fourth-order valence-electron chi connectivity index (χ4n) is 1.94. The molecule has 1 N–H and O–H groups in total. The van der Waals surface area contributed by atoms with Gasteiger partial charge >= 0.3 is 5.97 Å². The predicted molar refractivity (Wildman–Crippen MR) is 79.8 cm³/mol. The maximum atomic E-state index is 11.4. The van der Waals surface area contributed by atoms with E-state index in [4.69, 9.17) is 0 Å². The van der Waals surface area contributed by atoms with Crippen molar-refractivity contribution in [1.29, 1.82) is 0 Å². The van der Waals surface area contributed by atoms with Crippen molar-refractivity contribution in [3.63, 3.8) is 0 Å². The molecule has 0 aliphatic carbocycles. The predicted octanol–water partition coefficient (Wildman–Crippen LogP) is 3.53. The lowest BCUT2D eigenvalue weighted by Crippen LogP contribution is -2.00. The summed E-state index contributed by atoms with van der Waals surface area (Å²) >= 11 is 0. The van der Waals surface area contributed by atoms with Crippen LogP contribution in [0.4, 0.5) is 5.69 Å². The topological polar surface area (TPSA) is 80.4 Å². The van der Waals surface area contributed by atoms with E-state index in [9.17, 15) is 20.0 Å². The van der Waals surface area contributed by atoms with Crippen LogP contribution in [-0.4, -0.2) is 16.0 Å². The molecule has 0 saturated carbocycles. The number of aryl methyl sites for hydroxylation is 1. The van der Waals surface area contributed by atoms with Crippen molar-refractivity contribution >= 4 is 23.3 Å². The number of nitro groups is 1. The third-order valence-corrected chi connectivity index (χ3v) is 2.97. The summed E-state index contributed by atoms with van der Waals surface area (Å²) in [6, 6.07) is 12.9. The minimum Gasteiger partial charge on any atom is -0.478 e. The molecule has 0 atom stereocenters. The molecule has 5 nitrogen and oxygen atoms in total. The third kappa shape index (κ3) is 3.54. The van der Waals surface area contributed by atoms with Crippen molar-refractivity contribution in [3.8, 4) is 0 Å². The maximum absolute atomic E-state index is 11.4. The van der Waals surface area contributed by atoms with Gasteiger partial charge in [0.25, 0.3) is 5.69 Å². The van der Waals surface area contributed by atoms with E-state index in [1.54, 1.807) is 18.2 Å². The van der Waals surface area contributed by atoms with Gasteiger partial charge in [0, 0.05) is 12.1 Å². The quantitative estimate of drug-likeness (QED) is 0.403. The van der Waals surface area contributed by atoms with Crippen LogP contribution < -0.4 is 0 Å². The number of hydrogen-bond donors (Lipinski definition) is 1. The molecular formula is C16H13NO4. The van der Waals surface area contributed by atoms with Gasteiger partial charge in [0.1, 0.15) is 0 Å². The fourth-order valence-corrected chi connectivity index (χ4v) is 1.94. The Labute approximate surface area is 121 Å². The number of aliphatic carboxylic acids is 1. The van der Waals surface area contributed by atoms with Crippen molar-refractivity contribution in [2.45, 2.75) is 6.92 Å². The molecule has 106 valence electrons. The van der Waals surface area contributed by atoms with Crippen molar-refractivity contribution in [3.05, 3.63) is 75.3 Å². The second-order valence-electron chi connectivity index (χ2n) is 4.58. The summed E-state index contributed by atoms with van der Waals surface area (Å²) in [4.78, 5) is 21.5. The Hall–Kier alpha value is -2.95. The fraction of sp³-hybridized carbons (Fsp3) is 0.0625. The van der Waals surface area contributed by atoms with Crippen molar-refractivity contribution in [2.24, 2.45) is 0 Å². The molecule has 0 aromatic heterocycles. The minimum atomic E-state index is -1.04. The highest BCUT2D eigenvalue weighted by atomic mass is 16.6. The highest BCUT2D eigenvalue weighted by molar-refractivity contribution is 6.20.